The second-order valence-corrected chi connectivity index (χ2v) is 3.07. The van der Waals surface area contributed by atoms with Gasteiger partial charge in [0.05, 0.1) is 12.4 Å². The van der Waals surface area contributed by atoms with E-state index in [1.807, 2.05) is 6.92 Å². The van der Waals surface area contributed by atoms with Crippen molar-refractivity contribution < 1.29 is 14.6 Å². The van der Waals surface area contributed by atoms with Crippen LogP contribution in [0.3, 0.4) is 0 Å². The molecule has 88 valence electrons. The molecule has 0 atom stereocenters. The van der Waals surface area contributed by atoms with Crippen molar-refractivity contribution in [1.29, 1.82) is 0 Å². The molecule has 0 saturated heterocycles. The molecule has 0 aliphatic heterocycles. The van der Waals surface area contributed by atoms with Gasteiger partial charge in [-0.05, 0) is 13.3 Å². The number of ether oxygens (including phenoxy) is 1. The summed E-state index contributed by atoms with van der Waals surface area (Å²) in [7, 11) is 0. The van der Waals surface area contributed by atoms with Crippen LogP contribution in [0.15, 0.2) is 12.4 Å². The molecule has 0 bridgehead atoms. The van der Waals surface area contributed by atoms with Crippen molar-refractivity contribution in [3.8, 4) is 0 Å². The van der Waals surface area contributed by atoms with Gasteiger partial charge >= 0.3 is 5.97 Å². The van der Waals surface area contributed by atoms with Crippen LogP contribution in [0.5, 0.6) is 0 Å². The number of anilines is 1. The minimum atomic E-state index is -1.08. The summed E-state index contributed by atoms with van der Waals surface area (Å²) in [5.74, 6) is -0.609. The Bertz CT molecular complexity index is 344. The highest BCUT2D eigenvalue weighted by Gasteiger charge is 2.05. The van der Waals surface area contributed by atoms with Gasteiger partial charge in [0, 0.05) is 19.8 Å². The first-order chi connectivity index (χ1) is 7.74. The van der Waals surface area contributed by atoms with E-state index in [1.54, 1.807) is 0 Å². The van der Waals surface area contributed by atoms with E-state index in [1.165, 1.54) is 12.4 Å². The van der Waals surface area contributed by atoms with Gasteiger partial charge in [-0.25, -0.2) is 9.78 Å². The number of aromatic nitrogens is 2. The van der Waals surface area contributed by atoms with Crippen LogP contribution in [0.1, 0.15) is 23.8 Å². The van der Waals surface area contributed by atoms with Gasteiger partial charge in [-0.2, -0.15) is 0 Å². The van der Waals surface area contributed by atoms with Gasteiger partial charge in [-0.3, -0.25) is 4.98 Å². The summed E-state index contributed by atoms with van der Waals surface area (Å²) >= 11 is 0. The molecular weight excluding hydrogens is 210 g/mol. The molecule has 0 unspecified atom stereocenters. The average Bonchev–Trinajstić information content (AvgIpc) is 2.29. The Morgan fingerprint density at radius 2 is 2.38 bits per heavy atom. The predicted molar refractivity (Wildman–Crippen MR) is 58.6 cm³/mol. The fourth-order valence-corrected chi connectivity index (χ4v) is 1.09. The number of carboxylic acid groups (broad SMARTS) is 1. The molecule has 1 aromatic heterocycles. The lowest BCUT2D eigenvalue weighted by atomic mass is 10.4. The average molecular weight is 225 g/mol. The third-order valence-corrected chi connectivity index (χ3v) is 1.83. The molecule has 1 heterocycles. The first-order valence-electron chi connectivity index (χ1n) is 5.11. The van der Waals surface area contributed by atoms with Gasteiger partial charge < -0.3 is 15.2 Å². The van der Waals surface area contributed by atoms with E-state index in [4.69, 9.17) is 9.84 Å². The molecule has 6 nitrogen and oxygen atoms in total. The van der Waals surface area contributed by atoms with Gasteiger partial charge in [0.2, 0.25) is 0 Å². The maximum atomic E-state index is 10.6. The minimum Gasteiger partial charge on any atom is -0.476 e. The van der Waals surface area contributed by atoms with Crippen molar-refractivity contribution in [1.82, 2.24) is 9.97 Å². The zero-order chi connectivity index (χ0) is 11.8. The van der Waals surface area contributed by atoms with E-state index in [0.29, 0.717) is 25.6 Å². The summed E-state index contributed by atoms with van der Waals surface area (Å²) in [6.07, 6.45) is 3.55. The third kappa shape index (κ3) is 4.22. The smallest absolute Gasteiger partial charge is 0.356 e. The predicted octanol–water partition coefficient (Wildman–Crippen LogP) is 1.01. The number of nitrogens with zero attached hydrogens (tertiary/aromatic N) is 2. The summed E-state index contributed by atoms with van der Waals surface area (Å²) in [5.41, 5.74) is -0.0604. The van der Waals surface area contributed by atoms with Crippen LogP contribution >= 0.6 is 0 Å². The molecule has 1 aromatic rings. The molecule has 0 fully saturated rings. The van der Waals surface area contributed by atoms with Gasteiger partial charge in [0.15, 0.2) is 5.69 Å². The zero-order valence-electron chi connectivity index (χ0n) is 9.14. The van der Waals surface area contributed by atoms with E-state index in [2.05, 4.69) is 15.3 Å². The van der Waals surface area contributed by atoms with Crippen LogP contribution in [0.4, 0.5) is 5.82 Å². The fraction of sp³-hybridized carbons (Fsp3) is 0.500. The maximum absolute atomic E-state index is 10.6. The summed E-state index contributed by atoms with van der Waals surface area (Å²) in [6, 6.07) is 0. The number of hydrogen-bond donors (Lipinski definition) is 2. The molecule has 0 radical (unpaired) electrons. The second-order valence-electron chi connectivity index (χ2n) is 3.07. The minimum absolute atomic E-state index is 0.0604. The van der Waals surface area contributed by atoms with Gasteiger partial charge in [-0.1, -0.05) is 0 Å². The lowest BCUT2D eigenvalue weighted by Gasteiger charge is -2.05. The lowest BCUT2D eigenvalue weighted by Crippen LogP contribution is -2.09. The number of carbonyl (C=O) groups is 1. The van der Waals surface area contributed by atoms with Gasteiger partial charge in [-0.15, -0.1) is 0 Å². The molecule has 0 aromatic carbocycles. The van der Waals surface area contributed by atoms with Gasteiger partial charge in [0.1, 0.15) is 5.82 Å². The number of nitrogens with one attached hydrogen (secondary N) is 1. The van der Waals surface area contributed by atoms with Crippen LogP contribution in [-0.4, -0.2) is 40.8 Å². The molecule has 0 aliphatic rings. The highest BCUT2D eigenvalue weighted by atomic mass is 16.5. The quantitative estimate of drug-likeness (QED) is 0.674. The largest absolute Gasteiger partial charge is 0.476 e. The maximum Gasteiger partial charge on any atom is 0.356 e. The molecule has 0 aliphatic carbocycles. The molecule has 0 amide bonds. The standard InChI is InChI=1S/C10H15N3O3/c1-2-16-5-3-4-12-9-7-11-6-8(13-9)10(14)15/h6-7H,2-5H2,1H3,(H,12,13)(H,14,15). The Balaban J connectivity index is 2.36. The Morgan fingerprint density at radius 1 is 1.56 bits per heavy atom. The number of carboxylic acids is 1. The van der Waals surface area contributed by atoms with Crippen LogP contribution in [0.25, 0.3) is 0 Å². The molecule has 0 saturated carbocycles. The molecule has 16 heavy (non-hydrogen) atoms. The van der Waals surface area contributed by atoms with Crippen LogP contribution in [0, 0.1) is 0 Å². The summed E-state index contributed by atoms with van der Waals surface area (Å²) in [6.45, 7) is 4.00. The first kappa shape index (κ1) is 12.4. The number of rotatable bonds is 7. The topological polar surface area (TPSA) is 84.3 Å². The summed E-state index contributed by atoms with van der Waals surface area (Å²) in [4.78, 5) is 18.3. The molecule has 1 rings (SSSR count). The van der Waals surface area contributed by atoms with Crippen LogP contribution in [0.2, 0.25) is 0 Å². The van der Waals surface area contributed by atoms with E-state index < -0.39 is 5.97 Å². The van der Waals surface area contributed by atoms with Crippen molar-refractivity contribution in [2.24, 2.45) is 0 Å². The Morgan fingerprint density at radius 3 is 3.06 bits per heavy atom. The first-order valence-corrected chi connectivity index (χ1v) is 5.11. The van der Waals surface area contributed by atoms with Crippen molar-refractivity contribution in [2.45, 2.75) is 13.3 Å². The highest BCUT2D eigenvalue weighted by Crippen LogP contribution is 2.02. The Labute approximate surface area is 93.7 Å². The van der Waals surface area contributed by atoms with Crippen molar-refractivity contribution in [3.05, 3.63) is 18.1 Å². The number of aromatic carboxylic acids is 1. The Kier molecular flexibility index (Phi) is 5.21. The van der Waals surface area contributed by atoms with Crippen LogP contribution < -0.4 is 5.32 Å². The monoisotopic (exact) mass is 225 g/mol. The highest BCUT2D eigenvalue weighted by molar-refractivity contribution is 5.85. The van der Waals surface area contributed by atoms with Crippen molar-refractivity contribution >= 4 is 11.8 Å². The normalized spacial score (nSPS) is 10.1. The SMILES string of the molecule is CCOCCCNc1cncc(C(=O)O)n1. The fourth-order valence-electron chi connectivity index (χ4n) is 1.09. The Hall–Kier alpha value is -1.69. The summed E-state index contributed by atoms with van der Waals surface area (Å²) in [5, 5.41) is 11.7. The second kappa shape index (κ2) is 6.73. The molecular formula is C10H15N3O3. The van der Waals surface area contributed by atoms with Crippen molar-refractivity contribution in [3.63, 3.8) is 0 Å². The molecule has 2 N–H and O–H groups in total. The van der Waals surface area contributed by atoms with Crippen molar-refractivity contribution in [2.75, 3.05) is 25.1 Å². The third-order valence-electron chi connectivity index (χ3n) is 1.83. The molecule has 0 spiro atoms. The van der Waals surface area contributed by atoms with E-state index >= 15 is 0 Å². The summed E-state index contributed by atoms with van der Waals surface area (Å²) < 4.78 is 5.16. The van der Waals surface area contributed by atoms with E-state index in [9.17, 15) is 4.79 Å². The lowest BCUT2D eigenvalue weighted by molar-refractivity contribution is 0.0690. The van der Waals surface area contributed by atoms with E-state index in [0.717, 1.165) is 6.42 Å². The van der Waals surface area contributed by atoms with Crippen LogP contribution in [-0.2, 0) is 4.74 Å². The van der Waals surface area contributed by atoms with Gasteiger partial charge in [0.25, 0.3) is 0 Å². The number of hydrogen-bond acceptors (Lipinski definition) is 5. The zero-order valence-corrected chi connectivity index (χ0v) is 9.14. The van der Waals surface area contributed by atoms with E-state index in [-0.39, 0.29) is 5.69 Å². The molecule has 6 heteroatoms.